The lowest BCUT2D eigenvalue weighted by atomic mass is 10.1. The number of imide groups is 1. The predicted octanol–water partition coefficient (Wildman–Crippen LogP) is 2.96. The molecule has 1 aliphatic rings. The van der Waals surface area contributed by atoms with Crippen LogP contribution in [-0.2, 0) is 16.1 Å². The summed E-state index contributed by atoms with van der Waals surface area (Å²) in [4.78, 5) is 53.1. The fraction of sp³-hybridized carbons (Fsp3) is 0.333. The first-order chi connectivity index (χ1) is 13.9. The van der Waals surface area contributed by atoms with Crippen molar-refractivity contribution in [3.05, 3.63) is 57.3 Å². The maximum absolute atomic E-state index is 12.5. The molecule has 7 nitrogen and oxygen atoms in total. The molecule has 0 unspecified atom stereocenters. The average Bonchev–Trinajstić information content (AvgIpc) is 3.31. The summed E-state index contributed by atoms with van der Waals surface area (Å²) in [6, 6.07) is 8.09. The van der Waals surface area contributed by atoms with Crippen molar-refractivity contribution >= 4 is 35.0 Å². The van der Waals surface area contributed by atoms with Gasteiger partial charge in [-0.2, -0.15) is 0 Å². The van der Waals surface area contributed by atoms with Crippen LogP contribution in [0.5, 0.6) is 0 Å². The molecule has 1 aromatic heterocycles. The van der Waals surface area contributed by atoms with E-state index in [9.17, 15) is 19.2 Å². The summed E-state index contributed by atoms with van der Waals surface area (Å²) >= 11 is 1.54. The minimum absolute atomic E-state index is 0.135. The quantitative estimate of drug-likeness (QED) is 0.490. The van der Waals surface area contributed by atoms with Gasteiger partial charge in [-0.05, 0) is 36.1 Å². The zero-order valence-electron chi connectivity index (χ0n) is 16.3. The lowest BCUT2D eigenvalue weighted by Crippen LogP contribution is -2.30. The first kappa shape index (κ1) is 20.7. The molecular weight excluding hydrogens is 392 g/mol. The van der Waals surface area contributed by atoms with E-state index < -0.39 is 18.5 Å². The highest BCUT2D eigenvalue weighted by atomic mass is 32.1. The molecule has 0 radical (unpaired) electrons. The number of hydrogen-bond acceptors (Lipinski definition) is 6. The maximum Gasteiger partial charge on any atom is 0.338 e. The Hall–Kier alpha value is -3.00. The topological polar surface area (TPSA) is 84.0 Å². The SMILES string of the molecule is CCCCN1C(=O)c2ccc(C(=O)OCC(=O)N(C)Cc3cccs3)cc2C1=O. The average molecular weight is 414 g/mol. The fourth-order valence-corrected chi connectivity index (χ4v) is 3.74. The van der Waals surface area contributed by atoms with E-state index in [2.05, 4.69) is 0 Å². The Morgan fingerprint density at radius 2 is 1.90 bits per heavy atom. The molecule has 1 aliphatic heterocycles. The summed E-state index contributed by atoms with van der Waals surface area (Å²) in [6.45, 7) is 2.38. The van der Waals surface area contributed by atoms with Gasteiger partial charge >= 0.3 is 5.97 Å². The van der Waals surface area contributed by atoms with Crippen molar-refractivity contribution in [1.82, 2.24) is 9.80 Å². The van der Waals surface area contributed by atoms with Crippen molar-refractivity contribution in [3.8, 4) is 0 Å². The number of nitrogens with zero attached hydrogens (tertiary/aromatic N) is 2. The Kier molecular flexibility index (Phi) is 6.43. The smallest absolute Gasteiger partial charge is 0.338 e. The molecule has 8 heteroatoms. The van der Waals surface area contributed by atoms with Crippen LogP contribution in [0.3, 0.4) is 0 Å². The van der Waals surface area contributed by atoms with E-state index in [1.165, 1.54) is 28.0 Å². The zero-order chi connectivity index (χ0) is 21.0. The first-order valence-corrected chi connectivity index (χ1v) is 10.2. The van der Waals surface area contributed by atoms with Gasteiger partial charge in [0.05, 0.1) is 23.2 Å². The minimum atomic E-state index is -0.710. The second-order valence-electron chi connectivity index (χ2n) is 6.78. The Bertz CT molecular complexity index is 939. The van der Waals surface area contributed by atoms with Crippen molar-refractivity contribution in [1.29, 1.82) is 0 Å². The number of likely N-dealkylation sites (N-methyl/N-ethyl adjacent to an activating group) is 1. The highest BCUT2D eigenvalue weighted by Crippen LogP contribution is 2.24. The van der Waals surface area contributed by atoms with Crippen molar-refractivity contribution in [3.63, 3.8) is 0 Å². The number of esters is 1. The standard InChI is InChI=1S/C21H22N2O5S/c1-3-4-9-23-19(25)16-8-7-14(11-17(16)20(23)26)21(27)28-13-18(24)22(2)12-15-6-5-10-29-15/h5-8,10-11H,3-4,9,12-13H2,1-2H3. The molecule has 29 heavy (non-hydrogen) atoms. The number of benzene rings is 1. The van der Waals surface area contributed by atoms with Gasteiger partial charge in [0.1, 0.15) is 0 Å². The molecule has 0 spiro atoms. The third-order valence-corrected chi connectivity index (χ3v) is 5.53. The van der Waals surface area contributed by atoms with Gasteiger partial charge in [0, 0.05) is 18.5 Å². The minimum Gasteiger partial charge on any atom is -0.452 e. The number of carbonyl (C=O) groups excluding carboxylic acids is 4. The van der Waals surface area contributed by atoms with Crippen LogP contribution in [0.1, 0.15) is 55.7 Å². The van der Waals surface area contributed by atoms with Crippen LogP contribution in [0, 0.1) is 0 Å². The van der Waals surface area contributed by atoms with E-state index in [0.717, 1.165) is 17.7 Å². The Labute approximate surface area is 172 Å². The van der Waals surface area contributed by atoms with Crippen LogP contribution in [0.4, 0.5) is 0 Å². The summed E-state index contributed by atoms with van der Waals surface area (Å²) < 4.78 is 5.11. The number of rotatable bonds is 8. The lowest BCUT2D eigenvalue weighted by Gasteiger charge is -2.16. The molecule has 3 amide bonds. The van der Waals surface area contributed by atoms with Crippen molar-refractivity contribution in [2.75, 3.05) is 20.2 Å². The van der Waals surface area contributed by atoms with Gasteiger partial charge in [0.2, 0.25) is 0 Å². The molecule has 0 aliphatic carbocycles. The monoisotopic (exact) mass is 414 g/mol. The Morgan fingerprint density at radius 1 is 1.14 bits per heavy atom. The highest BCUT2D eigenvalue weighted by molar-refractivity contribution is 7.09. The summed E-state index contributed by atoms with van der Waals surface area (Å²) in [7, 11) is 1.64. The Morgan fingerprint density at radius 3 is 2.59 bits per heavy atom. The summed E-state index contributed by atoms with van der Waals surface area (Å²) in [6.07, 6.45) is 1.58. The molecule has 0 atom stereocenters. The van der Waals surface area contributed by atoms with E-state index in [4.69, 9.17) is 4.74 Å². The molecule has 2 heterocycles. The first-order valence-electron chi connectivity index (χ1n) is 9.36. The largest absolute Gasteiger partial charge is 0.452 e. The van der Waals surface area contributed by atoms with E-state index in [0.29, 0.717) is 13.1 Å². The molecular formula is C21H22N2O5S. The van der Waals surface area contributed by atoms with Crippen LogP contribution in [0.2, 0.25) is 0 Å². The van der Waals surface area contributed by atoms with Crippen LogP contribution in [-0.4, -0.2) is 53.7 Å². The van der Waals surface area contributed by atoms with Crippen molar-refractivity contribution < 1.29 is 23.9 Å². The van der Waals surface area contributed by atoms with Gasteiger partial charge in [-0.25, -0.2) is 4.79 Å². The summed E-state index contributed by atoms with van der Waals surface area (Å²) in [5.41, 5.74) is 0.618. The molecule has 0 fully saturated rings. The van der Waals surface area contributed by atoms with Crippen LogP contribution in [0.15, 0.2) is 35.7 Å². The maximum atomic E-state index is 12.5. The van der Waals surface area contributed by atoms with E-state index in [-0.39, 0.29) is 28.5 Å². The van der Waals surface area contributed by atoms with Gasteiger partial charge in [0.15, 0.2) is 6.61 Å². The second kappa shape index (κ2) is 9.00. The third kappa shape index (κ3) is 4.54. The number of ether oxygens (including phenoxy) is 1. The number of unbranched alkanes of at least 4 members (excludes halogenated alkanes) is 1. The third-order valence-electron chi connectivity index (χ3n) is 4.67. The number of thiophene rings is 1. The molecule has 2 aromatic rings. The van der Waals surface area contributed by atoms with Gasteiger partial charge in [-0.3, -0.25) is 19.3 Å². The van der Waals surface area contributed by atoms with E-state index in [1.807, 2.05) is 24.4 Å². The summed E-state index contributed by atoms with van der Waals surface area (Å²) in [5.74, 6) is -1.79. The van der Waals surface area contributed by atoms with Crippen LogP contribution >= 0.6 is 11.3 Å². The van der Waals surface area contributed by atoms with Crippen LogP contribution in [0.25, 0.3) is 0 Å². The number of carbonyl (C=O) groups is 4. The predicted molar refractivity (Wildman–Crippen MR) is 108 cm³/mol. The number of amides is 3. The molecule has 1 aromatic carbocycles. The van der Waals surface area contributed by atoms with Gasteiger partial charge in [0.25, 0.3) is 17.7 Å². The Balaban J connectivity index is 1.61. The fourth-order valence-electron chi connectivity index (χ4n) is 2.98. The second-order valence-corrected chi connectivity index (χ2v) is 7.81. The molecule has 3 rings (SSSR count). The van der Waals surface area contributed by atoms with Crippen molar-refractivity contribution in [2.24, 2.45) is 0 Å². The normalized spacial score (nSPS) is 12.8. The molecule has 0 saturated carbocycles. The van der Waals surface area contributed by atoms with Gasteiger partial charge < -0.3 is 9.64 Å². The zero-order valence-corrected chi connectivity index (χ0v) is 17.2. The van der Waals surface area contributed by atoms with Gasteiger partial charge in [-0.1, -0.05) is 19.4 Å². The number of fused-ring (bicyclic) bond motifs is 1. The molecule has 0 bridgehead atoms. The van der Waals surface area contributed by atoms with E-state index >= 15 is 0 Å². The van der Waals surface area contributed by atoms with E-state index in [1.54, 1.807) is 18.4 Å². The number of hydrogen-bond donors (Lipinski definition) is 0. The molecule has 152 valence electrons. The van der Waals surface area contributed by atoms with Crippen LogP contribution < -0.4 is 0 Å². The molecule has 0 N–H and O–H groups in total. The molecule has 0 saturated heterocycles. The summed E-state index contributed by atoms with van der Waals surface area (Å²) in [5, 5.41) is 1.93. The van der Waals surface area contributed by atoms with Gasteiger partial charge in [-0.15, -0.1) is 11.3 Å². The highest BCUT2D eigenvalue weighted by Gasteiger charge is 2.35. The lowest BCUT2D eigenvalue weighted by molar-refractivity contribution is -0.133. The van der Waals surface area contributed by atoms with Crippen molar-refractivity contribution in [2.45, 2.75) is 26.3 Å².